The smallest absolute Gasteiger partial charge is 0.389 e. The Morgan fingerprint density at radius 3 is 2.32 bits per heavy atom. The second kappa shape index (κ2) is 6.75. The fourth-order valence-corrected chi connectivity index (χ4v) is 1.74. The van der Waals surface area contributed by atoms with Gasteiger partial charge in [0.05, 0.1) is 24.9 Å². The van der Waals surface area contributed by atoms with Crippen LogP contribution in [0, 0.1) is 0 Å². The number of anilines is 1. The van der Waals surface area contributed by atoms with Crippen LogP contribution in [0.1, 0.15) is 12.8 Å². The zero-order chi connectivity index (χ0) is 14.5. The largest absolute Gasteiger partial charge is 0.495 e. The molecule has 0 amide bonds. The molecule has 0 aliphatic heterocycles. The Hall–Kier alpha value is -1.30. The Bertz CT molecular complexity index is 424. The van der Waals surface area contributed by atoms with Gasteiger partial charge in [-0.15, -0.1) is 0 Å². The van der Waals surface area contributed by atoms with Crippen molar-refractivity contribution < 1.29 is 22.6 Å². The molecule has 0 heterocycles. The molecule has 0 saturated heterocycles. The second-order valence-corrected chi connectivity index (χ2v) is 4.24. The number of benzene rings is 1. The maximum absolute atomic E-state index is 12.0. The number of alkyl halides is 3. The van der Waals surface area contributed by atoms with Gasteiger partial charge in [-0.05, 0) is 6.42 Å². The fraction of sp³-hybridized carbons (Fsp3) is 0.500. The standard InChI is InChI=1S/C12H15ClF3NO2/c1-18-10-7-9(11(19-2)6-8(10)13)17-5-3-4-12(14,15)16/h6-7,17H,3-5H2,1-2H3. The van der Waals surface area contributed by atoms with Crippen molar-refractivity contribution in [3.63, 3.8) is 0 Å². The predicted octanol–water partition coefficient (Wildman–Crippen LogP) is 4.11. The highest BCUT2D eigenvalue weighted by molar-refractivity contribution is 6.32. The summed E-state index contributed by atoms with van der Waals surface area (Å²) in [5, 5.41) is 3.25. The summed E-state index contributed by atoms with van der Waals surface area (Å²) >= 11 is 5.92. The third kappa shape index (κ3) is 5.06. The van der Waals surface area contributed by atoms with Crippen LogP contribution in [0.2, 0.25) is 5.02 Å². The summed E-state index contributed by atoms with van der Waals surface area (Å²) in [5.74, 6) is 0.888. The molecular formula is C12H15ClF3NO2. The highest BCUT2D eigenvalue weighted by Crippen LogP contribution is 2.35. The maximum Gasteiger partial charge on any atom is 0.389 e. The average molecular weight is 298 g/mol. The number of ether oxygens (including phenoxy) is 2. The number of halogens is 4. The van der Waals surface area contributed by atoms with E-state index in [1.54, 1.807) is 12.1 Å². The molecule has 0 aliphatic rings. The lowest BCUT2D eigenvalue weighted by Crippen LogP contribution is -2.11. The van der Waals surface area contributed by atoms with E-state index in [0.29, 0.717) is 22.2 Å². The van der Waals surface area contributed by atoms with Crippen molar-refractivity contribution in [1.29, 1.82) is 0 Å². The first-order valence-electron chi connectivity index (χ1n) is 5.59. The Labute approximate surface area is 114 Å². The van der Waals surface area contributed by atoms with E-state index in [0.717, 1.165) is 0 Å². The molecule has 19 heavy (non-hydrogen) atoms. The number of hydrogen-bond acceptors (Lipinski definition) is 3. The first-order chi connectivity index (χ1) is 8.87. The molecule has 1 aromatic carbocycles. The summed E-state index contributed by atoms with van der Waals surface area (Å²) in [6.07, 6.45) is -4.98. The van der Waals surface area contributed by atoms with Gasteiger partial charge in [-0.2, -0.15) is 13.2 Å². The minimum atomic E-state index is -4.14. The van der Waals surface area contributed by atoms with E-state index in [-0.39, 0.29) is 13.0 Å². The molecule has 0 atom stereocenters. The fourth-order valence-electron chi connectivity index (χ4n) is 1.51. The zero-order valence-electron chi connectivity index (χ0n) is 10.6. The molecule has 1 rings (SSSR count). The molecular weight excluding hydrogens is 283 g/mol. The third-order valence-corrected chi connectivity index (χ3v) is 2.72. The van der Waals surface area contributed by atoms with Crippen LogP contribution in [-0.2, 0) is 0 Å². The summed E-state index contributed by atoms with van der Waals surface area (Å²) in [5.41, 5.74) is 0.547. The van der Waals surface area contributed by atoms with Crippen LogP contribution in [0.3, 0.4) is 0 Å². The number of nitrogens with one attached hydrogen (secondary N) is 1. The molecule has 0 unspecified atom stereocenters. The van der Waals surface area contributed by atoms with E-state index in [9.17, 15) is 13.2 Å². The van der Waals surface area contributed by atoms with Crippen molar-refractivity contribution >= 4 is 17.3 Å². The third-order valence-electron chi connectivity index (χ3n) is 2.43. The van der Waals surface area contributed by atoms with E-state index in [1.807, 2.05) is 0 Å². The van der Waals surface area contributed by atoms with Crippen molar-refractivity contribution in [2.75, 3.05) is 26.1 Å². The van der Waals surface area contributed by atoms with Gasteiger partial charge in [0.2, 0.25) is 0 Å². The first-order valence-corrected chi connectivity index (χ1v) is 5.97. The Balaban J connectivity index is 2.66. The molecule has 0 aromatic heterocycles. The SMILES string of the molecule is COc1cc(NCCCC(F)(F)F)c(OC)cc1Cl. The van der Waals surface area contributed by atoms with Gasteiger partial charge in [0.25, 0.3) is 0 Å². The van der Waals surface area contributed by atoms with Gasteiger partial charge < -0.3 is 14.8 Å². The van der Waals surface area contributed by atoms with E-state index in [4.69, 9.17) is 21.1 Å². The van der Waals surface area contributed by atoms with Crippen LogP contribution in [0.25, 0.3) is 0 Å². The summed E-state index contributed by atoms with van der Waals surface area (Å²) in [6, 6.07) is 3.14. The van der Waals surface area contributed by atoms with Gasteiger partial charge in [0.15, 0.2) is 0 Å². The lowest BCUT2D eigenvalue weighted by atomic mass is 10.2. The molecule has 0 radical (unpaired) electrons. The Kier molecular flexibility index (Phi) is 5.60. The highest BCUT2D eigenvalue weighted by Gasteiger charge is 2.25. The van der Waals surface area contributed by atoms with Crippen LogP contribution >= 0.6 is 11.6 Å². The van der Waals surface area contributed by atoms with E-state index >= 15 is 0 Å². The van der Waals surface area contributed by atoms with Gasteiger partial charge in [-0.3, -0.25) is 0 Å². The minimum Gasteiger partial charge on any atom is -0.495 e. The average Bonchev–Trinajstić information content (AvgIpc) is 2.34. The quantitative estimate of drug-likeness (QED) is 0.802. The van der Waals surface area contributed by atoms with Crippen molar-refractivity contribution in [3.8, 4) is 11.5 Å². The summed E-state index contributed by atoms with van der Waals surface area (Å²) in [7, 11) is 2.92. The van der Waals surface area contributed by atoms with Gasteiger partial charge in [-0.1, -0.05) is 11.6 Å². The van der Waals surface area contributed by atoms with Crippen molar-refractivity contribution in [1.82, 2.24) is 0 Å². The lowest BCUT2D eigenvalue weighted by molar-refractivity contribution is -0.134. The van der Waals surface area contributed by atoms with Crippen molar-refractivity contribution in [2.45, 2.75) is 19.0 Å². The Morgan fingerprint density at radius 1 is 1.16 bits per heavy atom. The molecule has 3 nitrogen and oxygen atoms in total. The van der Waals surface area contributed by atoms with Gasteiger partial charge in [-0.25, -0.2) is 0 Å². The lowest BCUT2D eigenvalue weighted by Gasteiger charge is -2.14. The molecule has 108 valence electrons. The summed E-state index contributed by atoms with van der Waals surface area (Å²) in [4.78, 5) is 0. The van der Waals surface area contributed by atoms with Crippen LogP contribution in [0.4, 0.5) is 18.9 Å². The van der Waals surface area contributed by atoms with Crippen molar-refractivity contribution in [2.24, 2.45) is 0 Å². The topological polar surface area (TPSA) is 30.5 Å². The van der Waals surface area contributed by atoms with E-state index < -0.39 is 12.6 Å². The van der Waals surface area contributed by atoms with Crippen molar-refractivity contribution in [3.05, 3.63) is 17.2 Å². The molecule has 0 bridgehead atoms. The van der Waals surface area contributed by atoms with Crippen LogP contribution in [-0.4, -0.2) is 26.9 Å². The Morgan fingerprint density at radius 2 is 1.79 bits per heavy atom. The number of rotatable bonds is 6. The molecule has 0 aliphatic carbocycles. The molecule has 0 saturated carbocycles. The summed E-state index contributed by atoms with van der Waals surface area (Å²) in [6.45, 7) is 0.181. The van der Waals surface area contributed by atoms with E-state index in [2.05, 4.69) is 5.32 Å². The van der Waals surface area contributed by atoms with Gasteiger partial charge in [0, 0.05) is 25.1 Å². The maximum atomic E-state index is 12.0. The normalized spacial score (nSPS) is 11.3. The summed E-state index contributed by atoms with van der Waals surface area (Å²) < 4.78 is 46.2. The van der Waals surface area contributed by atoms with Crippen LogP contribution in [0.5, 0.6) is 11.5 Å². The first kappa shape index (κ1) is 15.8. The molecule has 0 fully saturated rings. The van der Waals surface area contributed by atoms with Crippen LogP contribution < -0.4 is 14.8 Å². The van der Waals surface area contributed by atoms with Gasteiger partial charge in [0.1, 0.15) is 11.5 Å². The van der Waals surface area contributed by atoms with Gasteiger partial charge >= 0.3 is 6.18 Å². The second-order valence-electron chi connectivity index (χ2n) is 3.83. The van der Waals surface area contributed by atoms with Crippen LogP contribution in [0.15, 0.2) is 12.1 Å². The van der Waals surface area contributed by atoms with E-state index in [1.165, 1.54) is 14.2 Å². The predicted molar refractivity (Wildman–Crippen MR) is 68.3 cm³/mol. The minimum absolute atomic E-state index is 0.0163. The zero-order valence-corrected chi connectivity index (χ0v) is 11.4. The number of hydrogen-bond donors (Lipinski definition) is 1. The molecule has 7 heteroatoms. The monoisotopic (exact) mass is 297 g/mol. The number of methoxy groups -OCH3 is 2. The molecule has 1 aromatic rings. The molecule has 0 spiro atoms. The molecule has 1 N–H and O–H groups in total. The highest BCUT2D eigenvalue weighted by atomic mass is 35.5.